The van der Waals surface area contributed by atoms with E-state index in [1.807, 2.05) is 67.1 Å². The lowest BCUT2D eigenvalue weighted by Crippen LogP contribution is -2.15. The number of hydrogen-bond acceptors (Lipinski definition) is 3. The summed E-state index contributed by atoms with van der Waals surface area (Å²) in [5, 5.41) is 0. The lowest BCUT2D eigenvalue weighted by molar-refractivity contribution is 0.0998. The van der Waals surface area contributed by atoms with Gasteiger partial charge in [-0.15, -0.1) is 11.3 Å². The molecule has 2 aromatic carbocycles. The molecule has 1 amide bonds. The van der Waals surface area contributed by atoms with Gasteiger partial charge >= 0.3 is 0 Å². The van der Waals surface area contributed by atoms with Crippen LogP contribution in [-0.4, -0.2) is 17.6 Å². The van der Waals surface area contributed by atoms with Crippen molar-refractivity contribution in [3.8, 4) is 17.0 Å². The summed E-state index contributed by atoms with van der Waals surface area (Å²) < 4.78 is 7.21. The van der Waals surface area contributed by atoms with Crippen LogP contribution in [0, 0.1) is 6.92 Å². The van der Waals surface area contributed by atoms with Gasteiger partial charge in [0.1, 0.15) is 5.75 Å². The third kappa shape index (κ3) is 4.09. The smallest absolute Gasteiger partial charge is 0.279 e. The van der Waals surface area contributed by atoms with E-state index in [1.54, 1.807) is 7.11 Å². The number of thiazole rings is 1. The molecule has 28 heavy (non-hydrogen) atoms. The van der Waals surface area contributed by atoms with E-state index in [0.717, 1.165) is 21.9 Å². The fourth-order valence-corrected chi connectivity index (χ4v) is 4.08. The molecule has 0 saturated carbocycles. The van der Waals surface area contributed by atoms with E-state index in [2.05, 4.69) is 25.8 Å². The lowest BCUT2D eigenvalue weighted by atomic mass is 9.87. The summed E-state index contributed by atoms with van der Waals surface area (Å²) in [6.45, 7) is 8.52. The van der Waals surface area contributed by atoms with Crippen LogP contribution in [0.25, 0.3) is 11.3 Å². The third-order valence-electron chi connectivity index (χ3n) is 4.76. The van der Waals surface area contributed by atoms with E-state index in [1.165, 1.54) is 16.9 Å². The second-order valence-electron chi connectivity index (χ2n) is 7.82. The van der Waals surface area contributed by atoms with Crippen LogP contribution in [0.2, 0.25) is 0 Å². The van der Waals surface area contributed by atoms with Gasteiger partial charge < -0.3 is 9.30 Å². The zero-order valence-corrected chi connectivity index (χ0v) is 18.1. The number of rotatable bonds is 3. The Bertz CT molecular complexity index is 1050. The molecule has 0 aliphatic rings. The molecule has 0 aliphatic heterocycles. The quantitative estimate of drug-likeness (QED) is 0.620. The highest BCUT2D eigenvalue weighted by molar-refractivity contribution is 7.09. The number of hydrogen-bond donors (Lipinski definition) is 0. The number of aromatic nitrogens is 1. The largest absolute Gasteiger partial charge is 0.497 e. The molecular weight excluding hydrogens is 368 g/mol. The van der Waals surface area contributed by atoms with Crippen LogP contribution >= 0.6 is 11.3 Å². The van der Waals surface area contributed by atoms with Gasteiger partial charge in [-0.1, -0.05) is 32.9 Å². The van der Waals surface area contributed by atoms with E-state index < -0.39 is 0 Å². The first-order chi connectivity index (χ1) is 13.2. The maximum Gasteiger partial charge on any atom is 0.279 e. The lowest BCUT2D eigenvalue weighted by Gasteiger charge is -2.18. The van der Waals surface area contributed by atoms with Crippen LogP contribution < -0.4 is 9.54 Å². The van der Waals surface area contributed by atoms with Gasteiger partial charge in [-0.2, -0.15) is 4.99 Å². The Labute approximate surface area is 170 Å². The van der Waals surface area contributed by atoms with Crippen molar-refractivity contribution in [2.24, 2.45) is 12.0 Å². The van der Waals surface area contributed by atoms with Gasteiger partial charge in [-0.3, -0.25) is 4.79 Å². The van der Waals surface area contributed by atoms with Gasteiger partial charge in [0, 0.05) is 17.5 Å². The molecule has 1 heterocycles. The normalized spacial score (nSPS) is 12.3. The van der Waals surface area contributed by atoms with Crippen molar-refractivity contribution in [1.82, 2.24) is 4.57 Å². The van der Waals surface area contributed by atoms with Crippen LogP contribution in [0.1, 0.15) is 41.6 Å². The fourth-order valence-electron chi connectivity index (χ4n) is 3.09. The molecule has 146 valence electrons. The number of benzene rings is 2. The number of nitrogens with zero attached hydrogens (tertiary/aromatic N) is 2. The molecule has 3 rings (SSSR count). The molecular formula is C23H26N2O2S. The maximum absolute atomic E-state index is 12.7. The van der Waals surface area contributed by atoms with Gasteiger partial charge in [-0.25, -0.2) is 0 Å². The van der Waals surface area contributed by atoms with Crippen molar-refractivity contribution < 1.29 is 9.53 Å². The fraction of sp³-hybridized carbons (Fsp3) is 0.304. The first-order valence-corrected chi connectivity index (χ1v) is 10.0. The predicted octanol–water partition coefficient (Wildman–Crippen LogP) is 5.11. The van der Waals surface area contributed by atoms with Crippen molar-refractivity contribution in [2.75, 3.05) is 7.11 Å². The number of ether oxygens (including phenoxy) is 1. The van der Waals surface area contributed by atoms with Crippen molar-refractivity contribution >= 4 is 17.2 Å². The van der Waals surface area contributed by atoms with Crippen LogP contribution in [-0.2, 0) is 12.5 Å². The van der Waals surface area contributed by atoms with Crippen LogP contribution in [0.4, 0.5) is 0 Å². The average molecular weight is 395 g/mol. The predicted molar refractivity (Wildman–Crippen MR) is 115 cm³/mol. The molecule has 3 aromatic rings. The van der Waals surface area contributed by atoms with Gasteiger partial charge in [0.15, 0.2) is 4.80 Å². The maximum atomic E-state index is 12.7. The molecule has 5 heteroatoms. The zero-order chi connectivity index (χ0) is 20.5. The monoisotopic (exact) mass is 394 g/mol. The summed E-state index contributed by atoms with van der Waals surface area (Å²) in [6.07, 6.45) is 0. The average Bonchev–Trinajstić information content (AvgIpc) is 2.94. The number of amides is 1. The van der Waals surface area contributed by atoms with Gasteiger partial charge in [0.05, 0.1) is 12.8 Å². The molecule has 0 unspecified atom stereocenters. The summed E-state index contributed by atoms with van der Waals surface area (Å²) in [5.41, 5.74) is 3.99. The molecule has 4 nitrogen and oxygen atoms in total. The zero-order valence-electron chi connectivity index (χ0n) is 17.2. The Morgan fingerprint density at radius 1 is 1.04 bits per heavy atom. The Kier molecular flexibility index (Phi) is 5.57. The number of carbonyl (C=O) groups is 1. The second kappa shape index (κ2) is 7.76. The molecule has 1 aromatic heterocycles. The number of aryl methyl sites for hydroxylation is 1. The van der Waals surface area contributed by atoms with Crippen LogP contribution in [0.3, 0.4) is 0 Å². The van der Waals surface area contributed by atoms with Crippen LogP contribution in [0.15, 0.2) is 53.5 Å². The van der Waals surface area contributed by atoms with Crippen molar-refractivity contribution in [3.63, 3.8) is 0 Å². The highest BCUT2D eigenvalue weighted by Crippen LogP contribution is 2.26. The first kappa shape index (κ1) is 20.1. The number of methoxy groups -OCH3 is 1. The molecule has 0 aliphatic carbocycles. The standard InChI is InChI=1S/C23H26N2O2S/c1-15-20(16-9-13-19(27-6)14-10-16)25(5)22(28-15)24-21(26)17-7-11-18(12-8-17)23(2,3)4/h7-14H,1-6H3. The highest BCUT2D eigenvalue weighted by atomic mass is 32.1. The molecule has 0 bridgehead atoms. The number of carbonyl (C=O) groups excluding carboxylic acids is 1. The van der Waals surface area contributed by atoms with E-state index in [0.29, 0.717) is 10.4 Å². The minimum absolute atomic E-state index is 0.0588. The topological polar surface area (TPSA) is 43.6 Å². The Morgan fingerprint density at radius 3 is 2.18 bits per heavy atom. The second-order valence-corrected chi connectivity index (χ2v) is 9.00. The van der Waals surface area contributed by atoms with Crippen molar-refractivity contribution in [1.29, 1.82) is 0 Å². The summed E-state index contributed by atoms with van der Waals surface area (Å²) in [4.78, 5) is 18.9. The van der Waals surface area contributed by atoms with Gasteiger partial charge in [-0.05, 0) is 59.9 Å². The summed E-state index contributed by atoms with van der Waals surface area (Å²) in [6, 6.07) is 15.6. The molecule has 0 atom stereocenters. The molecule has 0 N–H and O–H groups in total. The highest BCUT2D eigenvalue weighted by Gasteiger charge is 2.15. The van der Waals surface area contributed by atoms with Gasteiger partial charge in [0.2, 0.25) is 0 Å². The van der Waals surface area contributed by atoms with Crippen molar-refractivity contribution in [2.45, 2.75) is 33.1 Å². The molecule has 0 fully saturated rings. The summed E-state index contributed by atoms with van der Waals surface area (Å²) >= 11 is 1.52. The Balaban J connectivity index is 1.95. The minimum atomic E-state index is -0.224. The van der Waals surface area contributed by atoms with E-state index >= 15 is 0 Å². The molecule has 0 radical (unpaired) electrons. The SMILES string of the molecule is COc1ccc(-c2c(C)sc(=NC(=O)c3ccc(C(C)(C)C)cc3)n2C)cc1. The van der Waals surface area contributed by atoms with E-state index in [9.17, 15) is 4.79 Å². The van der Waals surface area contributed by atoms with Crippen molar-refractivity contribution in [3.05, 3.63) is 69.3 Å². The van der Waals surface area contributed by atoms with E-state index in [4.69, 9.17) is 4.74 Å². The van der Waals surface area contributed by atoms with E-state index in [-0.39, 0.29) is 11.3 Å². The summed E-state index contributed by atoms with van der Waals surface area (Å²) in [7, 11) is 3.60. The minimum Gasteiger partial charge on any atom is -0.497 e. The third-order valence-corrected chi connectivity index (χ3v) is 5.81. The Hall–Kier alpha value is -2.66. The summed E-state index contributed by atoms with van der Waals surface area (Å²) in [5.74, 6) is 0.594. The first-order valence-electron chi connectivity index (χ1n) is 9.21. The Morgan fingerprint density at radius 2 is 1.64 bits per heavy atom. The van der Waals surface area contributed by atoms with Gasteiger partial charge in [0.25, 0.3) is 5.91 Å². The van der Waals surface area contributed by atoms with Crippen LogP contribution in [0.5, 0.6) is 5.75 Å². The molecule has 0 spiro atoms. The molecule has 0 saturated heterocycles.